The summed E-state index contributed by atoms with van der Waals surface area (Å²) in [6.07, 6.45) is 0. The van der Waals surface area contributed by atoms with Gasteiger partial charge in [-0.3, -0.25) is 0 Å². The molecule has 0 saturated carbocycles. The van der Waals surface area contributed by atoms with Gasteiger partial charge in [-0.25, -0.2) is 29.9 Å². The summed E-state index contributed by atoms with van der Waals surface area (Å²) < 4.78 is 7.91. The molecule has 0 radical (unpaired) electrons. The summed E-state index contributed by atoms with van der Waals surface area (Å²) >= 11 is 5.56. The molecule has 0 N–H and O–H groups in total. The fourth-order valence-corrected chi connectivity index (χ4v) is 18.8. The van der Waals surface area contributed by atoms with Crippen LogP contribution < -0.4 is 0 Å². The summed E-state index contributed by atoms with van der Waals surface area (Å²) in [6, 6.07) is 124. The molecule has 6 nitrogen and oxygen atoms in total. The molecule has 23 rings (SSSR count). The number of fused-ring (bicyclic) bond motifs is 19. The zero-order valence-electron chi connectivity index (χ0n) is 57.4. The van der Waals surface area contributed by atoms with E-state index in [0.29, 0.717) is 0 Å². The molecule has 0 aliphatic carbocycles. The lowest BCUT2D eigenvalue weighted by molar-refractivity contribution is 1.29. The quantitative estimate of drug-likeness (QED) is 0.154. The molecule has 0 spiro atoms. The maximum atomic E-state index is 5.29. The average Bonchev–Trinajstić information content (AvgIpc) is 1.49. The number of para-hydroxylation sites is 2. The number of hydrogen-bond donors (Lipinski definition) is 0. The zero-order chi connectivity index (χ0) is 70.5. The lowest BCUT2D eigenvalue weighted by atomic mass is 9.99. The van der Waals surface area contributed by atoms with Crippen LogP contribution in [0.3, 0.4) is 0 Å². The van der Waals surface area contributed by atoms with Crippen LogP contribution in [-0.2, 0) is 0 Å². The van der Waals surface area contributed by atoms with Crippen LogP contribution in [0.15, 0.2) is 352 Å². The van der Waals surface area contributed by atoms with E-state index < -0.39 is 0 Å². The van der Waals surface area contributed by atoms with E-state index >= 15 is 0 Å². The first kappa shape index (κ1) is 62.3. The molecule has 0 saturated heterocycles. The van der Waals surface area contributed by atoms with E-state index in [1.165, 1.54) is 104 Å². The number of nitrogens with zero attached hydrogens (tertiary/aromatic N) is 6. The minimum Gasteiger partial charge on any atom is -0.244 e. The van der Waals surface area contributed by atoms with Crippen LogP contribution in [0.5, 0.6) is 0 Å². The third kappa shape index (κ3) is 11.1. The smallest absolute Gasteiger partial charge is 0.0973 e. The van der Waals surface area contributed by atoms with E-state index in [2.05, 4.69) is 309 Å². The molecular weight excluding hydrogens is 1360 g/mol. The third-order valence-corrected chi connectivity index (χ3v) is 24.1. The summed E-state index contributed by atoms with van der Waals surface area (Å²) in [6.45, 7) is 0. The normalized spacial score (nSPS) is 11.7. The first-order valence-electron chi connectivity index (χ1n) is 35.9. The molecular formula is C98H58N6S3. The Labute approximate surface area is 626 Å². The maximum absolute atomic E-state index is 5.29. The highest BCUT2D eigenvalue weighted by Crippen LogP contribution is 2.44. The molecule has 0 aliphatic heterocycles. The van der Waals surface area contributed by atoms with Crippen molar-refractivity contribution >= 4 is 181 Å². The van der Waals surface area contributed by atoms with Gasteiger partial charge in [-0.2, -0.15) is 0 Å². The van der Waals surface area contributed by atoms with Crippen molar-refractivity contribution in [2.45, 2.75) is 0 Å². The molecule has 6 heterocycles. The fourth-order valence-electron chi connectivity index (χ4n) is 15.4. The van der Waals surface area contributed by atoms with Gasteiger partial charge in [-0.05, 0) is 140 Å². The van der Waals surface area contributed by atoms with Gasteiger partial charge in [-0.15, -0.1) is 34.0 Å². The molecule has 0 fully saturated rings. The Bertz CT molecular complexity index is 7520. The number of benzene rings is 17. The summed E-state index contributed by atoms with van der Waals surface area (Å²) in [4.78, 5) is 31.0. The van der Waals surface area contributed by atoms with Crippen molar-refractivity contribution in [3.8, 4) is 67.5 Å². The van der Waals surface area contributed by atoms with E-state index in [1.807, 2.05) is 76.5 Å². The van der Waals surface area contributed by atoms with Crippen molar-refractivity contribution in [2.24, 2.45) is 0 Å². The summed E-state index contributed by atoms with van der Waals surface area (Å²) in [7, 11) is 0. The number of aromatic nitrogens is 6. The molecule has 0 bridgehead atoms. The minimum atomic E-state index is 0.908. The first-order chi connectivity index (χ1) is 53.0. The van der Waals surface area contributed by atoms with E-state index in [-0.39, 0.29) is 0 Å². The fraction of sp³-hybridized carbons (Fsp3) is 0. The van der Waals surface area contributed by atoms with Crippen LogP contribution in [0.4, 0.5) is 0 Å². The van der Waals surface area contributed by atoms with Crippen molar-refractivity contribution in [2.75, 3.05) is 0 Å². The Kier molecular flexibility index (Phi) is 15.0. The van der Waals surface area contributed by atoms with Gasteiger partial charge >= 0.3 is 0 Å². The molecule has 0 unspecified atom stereocenters. The zero-order valence-corrected chi connectivity index (χ0v) is 59.8. The highest BCUT2D eigenvalue weighted by molar-refractivity contribution is 7.26. The Morgan fingerprint density at radius 1 is 0.150 bits per heavy atom. The molecule has 23 aromatic rings. The molecule has 498 valence electrons. The standard InChI is InChI=1S/2C34H20N2S.C30H18N2S/c1-2-9-22(10-3-1)32-33(35-29-17-16-21-8-4-5-11-26(21)34(29)36-32)24-15-14-23-19-28-27-12-6-7-13-30(27)37-31(28)20-25(23)18-24;1-2-9-22(10-3-1)32-33(36-34-26-11-5-4-8-21(26)16-17-29(34)35-32)24-15-14-23-19-28-27-12-6-7-13-30(27)37-31(28)20-25(23)18-24;1-2-8-19(9-3-1)29-30(32-26-12-6-5-11-25(26)31-29)21-15-14-20-17-24-23-10-4-7-13-27(23)33-28(24)18-22(20)16-21/h2*1-20H;1-18H. The van der Waals surface area contributed by atoms with Gasteiger partial charge in [0.15, 0.2) is 0 Å². The van der Waals surface area contributed by atoms with Crippen LogP contribution in [0.25, 0.3) is 215 Å². The molecule has 0 atom stereocenters. The first-order valence-corrected chi connectivity index (χ1v) is 38.3. The van der Waals surface area contributed by atoms with Crippen LogP contribution in [0, 0.1) is 0 Å². The van der Waals surface area contributed by atoms with Crippen molar-refractivity contribution in [3.05, 3.63) is 352 Å². The Morgan fingerprint density at radius 2 is 0.430 bits per heavy atom. The second-order valence-electron chi connectivity index (χ2n) is 27.2. The van der Waals surface area contributed by atoms with Crippen molar-refractivity contribution < 1.29 is 0 Å². The Hall–Kier alpha value is -13.3. The topological polar surface area (TPSA) is 77.3 Å². The van der Waals surface area contributed by atoms with Crippen LogP contribution in [0.2, 0.25) is 0 Å². The summed E-state index contributed by atoms with van der Waals surface area (Å²) in [5.41, 5.74) is 17.4. The third-order valence-electron chi connectivity index (χ3n) is 20.7. The van der Waals surface area contributed by atoms with Gasteiger partial charge in [-0.1, -0.05) is 255 Å². The Balaban J connectivity index is 0.000000103. The second kappa shape index (κ2) is 25.8. The summed E-state index contributed by atoms with van der Waals surface area (Å²) in [5.74, 6) is 0. The second-order valence-corrected chi connectivity index (χ2v) is 30.4. The number of rotatable bonds is 6. The predicted octanol–water partition coefficient (Wildman–Crippen LogP) is 27.8. The lowest BCUT2D eigenvalue weighted by Crippen LogP contribution is -1.96. The highest BCUT2D eigenvalue weighted by atomic mass is 32.1. The number of thiophene rings is 3. The van der Waals surface area contributed by atoms with Gasteiger partial charge in [0, 0.05) is 105 Å². The van der Waals surface area contributed by atoms with Gasteiger partial charge in [0.05, 0.1) is 67.3 Å². The SMILES string of the molecule is c1ccc(-c2nc3c(ccc4ccccc43)nc2-c2ccc3cc4c(cc3c2)sc2ccccc24)cc1.c1ccc(-c2nc3ccc4ccccc4c3nc2-c2ccc3cc4c(cc3c2)sc2ccccc24)cc1.c1ccc(-c2nc3ccccc3nc2-c2ccc3cc4c(cc3c2)sc2ccccc24)cc1. The van der Waals surface area contributed by atoms with Crippen LogP contribution >= 0.6 is 34.0 Å². The molecule has 0 amide bonds. The van der Waals surface area contributed by atoms with Gasteiger partial charge in [0.25, 0.3) is 0 Å². The molecule has 6 aromatic heterocycles. The van der Waals surface area contributed by atoms with E-state index in [9.17, 15) is 0 Å². The molecule has 0 aliphatic rings. The van der Waals surface area contributed by atoms with E-state index in [1.54, 1.807) is 0 Å². The Morgan fingerprint density at radius 3 is 0.804 bits per heavy atom. The van der Waals surface area contributed by atoms with E-state index in [0.717, 1.165) is 111 Å². The van der Waals surface area contributed by atoms with Gasteiger partial charge in [0.1, 0.15) is 0 Å². The summed E-state index contributed by atoms with van der Waals surface area (Å²) in [5, 5.41) is 19.9. The van der Waals surface area contributed by atoms with E-state index in [4.69, 9.17) is 29.9 Å². The van der Waals surface area contributed by atoms with Crippen molar-refractivity contribution in [1.82, 2.24) is 29.9 Å². The van der Waals surface area contributed by atoms with Gasteiger partial charge in [0.2, 0.25) is 0 Å². The van der Waals surface area contributed by atoms with Gasteiger partial charge < -0.3 is 0 Å². The van der Waals surface area contributed by atoms with Crippen molar-refractivity contribution in [3.63, 3.8) is 0 Å². The predicted molar refractivity (Wildman–Crippen MR) is 457 cm³/mol. The molecule has 9 heteroatoms. The average molecular weight is 1420 g/mol. The maximum Gasteiger partial charge on any atom is 0.0973 e. The minimum absolute atomic E-state index is 0.908. The number of hydrogen-bond acceptors (Lipinski definition) is 9. The molecule has 107 heavy (non-hydrogen) atoms. The lowest BCUT2D eigenvalue weighted by Gasteiger charge is -2.13. The van der Waals surface area contributed by atoms with Crippen LogP contribution in [-0.4, -0.2) is 29.9 Å². The molecule has 17 aromatic carbocycles. The van der Waals surface area contributed by atoms with Crippen molar-refractivity contribution in [1.29, 1.82) is 0 Å². The highest BCUT2D eigenvalue weighted by Gasteiger charge is 2.21. The monoisotopic (exact) mass is 1410 g/mol. The van der Waals surface area contributed by atoms with Crippen LogP contribution in [0.1, 0.15) is 0 Å². The largest absolute Gasteiger partial charge is 0.244 e.